The smallest absolute Gasteiger partial charge is 0.224 e. The van der Waals surface area contributed by atoms with Gasteiger partial charge in [0.1, 0.15) is 0 Å². The fourth-order valence-electron chi connectivity index (χ4n) is 2.54. The summed E-state index contributed by atoms with van der Waals surface area (Å²) in [4.78, 5) is 0. The Balaban J connectivity index is 6.08. The van der Waals surface area contributed by atoms with Crippen molar-refractivity contribution in [2.75, 3.05) is 0 Å². The summed E-state index contributed by atoms with van der Waals surface area (Å²) in [6, 6.07) is 0. The molecule has 28 heavy (non-hydrogen) atoms. The van der Waals surface area contributed by atoms with E-state index in [0.29, 0.717) is 0 Å². The van der Waals surface area contributed by atoms with Gasteiger partial charge in [0.2, 0.25) is 0 Å². The zero-order chi connectivity index (χ0) is 22.8. The van der Waals surface area contributed by atoms with Crippen LogP contribution in [0, 0.1) is 5.92 Å². The molecular formula is C14H16F14. The molecule has 14 heteroatoms. The third kappa shape index (κ3) is 5.77. The summed E-state index contributed by atoms with van der Waals surface area (Å²) < 4.78 is 179. The van der Waals surface area contributed by atoms with E-state index in [1.807, 2.05) is 0 Å². The van der Waals surface area contributed by atoms with E-state index < -0.39 is 67.6 Å². The molecular weight excluding hydrogens is 434 g/mol. The topological polar surface area (TPSA) is 0 Å². The molecule has 0 heterocycles. The molecule has 170 valence electrons. The van der Waals surface area contributed by atoms with Crippen LogP contribution in [0.25, 0.3) is 0 Å². The van der Waals surface area contributed by atoms with Crippen molar-refractivity contribution in [2.24, 2.45) is 5.92 Å². The van der Waals surface area contributed by atoms with Gasteiger partial charge >= 0.3 is 24.7 Å². The van der Waals surface area contributed by atoms with Gasteiger partial charge in [-0.1, -0.05) is 32.6 Å². The lowest BCUT2D eigenvalue weighted by Crippen LogP contribution is -2.57. The van der Waals surface area contributed by atoms with Gasteiger partial charge in [0.15, 0.2) is 0 Å². The summed E-state index contributed by atoms with van der Waals surface area (Å²) in [6.45, 7) is 1.46. The zero-order valence-corrected chi connectivity index (χ0v) is 14.1. The first-order valence-corrected chi connectivity index (χ1v) is 7.78. The lowest BCUT2D eigenvalue weighted by Gasteiger charge is -2.37. The highest BCUT2D eigenvalue weighted by molar-refractivity contribution is 5.01. The van der Waals surface area contributed by atoms with Crippen molar-refractivity contribution < 1.29 is 61.5 Å². The van der Waals surface area contributed by atoms with E-state index >= 15 is 0 Å². The number of hydrogen-bond acceptors (Lipinski definition) is 0. The normalized spacial score (nSPS) is 15.4. The molecule has 0 amide bonds. The maximum absolute atomic E-state index is 13.8. The minimum Gasteiger partial charge on any atom is -0.224 e. The average Bonchev–Trinajstić information content (AvgIpc) is 2.42. The third-order valence-electron chi connectivity index (χ3n) is 4.15. The van der Waals surface area contributed by atoms with Crippen LogP contribution in [0.1, 0.15) is 45.4 Å². The van der Waals surface area contributed by atoms with Crippen LogP contribution in [-0.2, 0) is 0 Å². The predicted octanol–water partition coefficient (Wildman–Crippen LogP) is 7.63. The highest BCUT2D eigenvalue weighted by Gasteiger charge is 2.75. The van der Waals surface area contributed by atoms with Crippen LogP contribution in [0.2, 0.25) is 0 Å². The fourth-order valence-corrected chi connectivity index (χ4v) is 2.54. The number of hydrogen-bond donors (Lipinski definition) is 0. The van der Waals surface area contributed by atoms with Crippen molar-refractivity contribution in [3.05, 3.63) is 0 Å². The summed E-state index contributed by atoms with van der Waals surface area (Å²) in [6.07, 6.45) is -33.6. The molecule has 0 rings (SSSR count). The molecule has 0 saturated heterocycles. The summed E-state index contributed by atoms with van der Waals surface area (Å²) in [5, 5.41) is 0. The van der Waals surface area contributed by atoms with E-state index in [4.69, 9.17) is 0 Å². The third-order valence-corrected chi connectivity index (χ3v) is 4.15. The summed E-state index contributed by atoms with van der Waals surface area (Å²) >= 11 is 0. The molecule has 0 aliphatic heterocycles. The largest absolute Gasteiger partial charge is 0.431 e. The molecule has 0 bridgehead atoms. The van der Waals surface area contributed by atoms with Crippen molar-refractivity contribution in [3.8, 4) is 0 Å². The molecule has 0 unspecified atom stereocenters. The second kappa shape index (κ2) is 8.41. The fraction of sp³-hybridized carbons (Fsp3) is 1.00. The number of unbranched alkanes of at least 4 members (excludes halogenated alkanes) is 2. The van der Waals surface area contributed by atoms with E-state index in [9.17, 15) is 61.5 Å². The molecule has 0 spiro atoms. The molecule has 0 aliphatic rings. The molecule has 0 aromatic carbocycles. The van der Waals surface area contributed by atoms with Crippen molar-refractivity contribution in [1.29, 1.82) is 0 Å². The van der Waals surface area contributed by atoms with Gasteiger partial charge in [0.05, 0.1) is 0 Å². The average molecular weight is 450 g/mol. The Labute approximate surface area is 150 Å². The molecule has 0 nitrogen and oxygen atoms in total. The van der Waals surface area contributed by atoms with Crippen molar-refractivity contribution in [2.45, 2.75) is 81.5 Å². The maximum atomic E-state index is 13.8. The van der Waals surface area contributed by atoms with Crippen LogP contribution in [0.3, 0.4) is 0 Å². The molecule has 0 fully saturated rings. The van der Waals surface area contributed by atoms with Gasteiger partial charge in [-0.05, 0) is 5.92 Å². The molecule has 0 radical (unpaired) electrons. The molecule has 0 atom stereocenters. The first kappa shape index (κ1) is 27.0. The van der Waals surface area contributed by atoms with Crippen LogP contribution in [0.4, 0.5) is 61.5 Å². The number of halogens is 14. The molecule has 0 aromatic heterocycles. The van der Waals surface area contributed by atoms with E-state index in [0.717, 1.165) is 0 Å². The van der Waals surface area contributed by atoms with Gasteiger partial charge in [0, 0.05) is 12.8 Å². The Kier molecular flexibility index (Phi) is 8.11. The lowest BCUT2D eigenvalue weighted by molar-refractivity contribution is -0.356. The molecule has 0 N–H and O–H groups in total. The van der Waals surface area contributed by atoms with Crippen molar-refractivity contribution >= 4 is 0 Å². The summed E-state index contributed by atoms with van der Waals surface area (Å²) in [7, 11) is 0. The predicted molar refractivity (Wildman–Crippen MR) is 68.8 cm³/mol. The van der Waals surface area contributed by atoms with E-state index in [2.05, 4.69) is 0 Å². The Morgan fingerprint density at radius 2 is 0.786 bits per heavy atom. The minimum absolute atomic E-state index is 0.00510. The summed E-state index contributed by atoms with van der Waals surface area (Å²) in [5.74, 6) is -2.84. The van der Waals surface area contributed by atoms with E-state index in [1.165, 1.54) is 6.92 Å². The quantitative estimate of drug-likeness (QED) is 0.264. The second-order valence-electron chi connectivity index (χ2n) is 6.36. The first-order chi connectivity index (χ1) is 12.1. The highest BCUT2D eigenvalue weighted by atomic mass is 19.4. The van der Waals surface area contributed by atoms with Crippen molar-refractivity contribution in [1.82, 2.24) is 0 Å². The second-order valence-corrected chi connectivity index (χ2v) is 6.36. The van der Waals surface area contributed by atoms with Gasteiger partial charge in [0.25, 0.3) is 11.3 Å². The van der Waals surface area contributed by atoms with Gasteiger partial charge in [-0.2, -0.15) is 52.7 Å². The maximum Gasteiger partial charge on any atom is 0.431 e. The first-order valence-electron chi connectivity index (χ1n) is 7.78. The van der Waals surface area contributed by atoms with Crippen LogP contribution < -0.4 is 0 Å². The van der Waals surface area contributed by atoms with E-state index in [-0.39, 0.29) is 12.8 Å². The van der Waals surface area contributed by atoms with Crippen molar-refractivity contribution in [3.63, 3.8) is 0 Å². The van der Waals surface area contributed by atoms with Crippen LogP contribution in [-0.4, -0.2) is 36.0 Å². The summed E-state index contributed by atoms with van der Waals surface area (Å²) in [5.41, 5.74) is -12.2. The van der Waals surface area contributed by atoms with Crippen LogP contribution >= 0.6 is 0 Å². The highest BCUT2D eigenvalue weighted by Crippen LogP contribution is 2.55. The number of rotatable bonds is 8. The monoisotopic (exact) mass is 450 g/mol. The Bertz CT molecular complexity index is 412. The van der Waals surface area contributed by atoms with E-state index in [1.54, 1.807) is 0 Å². The molecule has 0 saturated carbocycles. The zero-order valence-electron chi connectivity index (χ0n) is 14.1. The Morgan fingerprint density at radius 1 is 0.500 bits per heavy atom. The lowest BCUT2D eigenvalue weighted by atomic mass is 9.80. The van der Waals surface area contributed by atoms with Gasteiger partial charge in [-0.15, -0.1) is 0 Å². The van der Waals surface area contributed by atoms with Crippen LogP contribution in [0.15, 0.2) is 0 Å². The molecule has 0 aliphatic carbocycles. The Hall–Kier alpha value is -0.980. The van der Waals surface area contributed by atoms with Crippen LogP contribution in [0.5, 0.6) is 0 Å². The number of alkyl halides is 14. The van der Waals surface area contributed by atoms with Gasteiger partial charge < -0.3 is 0 Å². The van der Waals surface area contributed by atoms with Gasteiger partial charge in [-0.25, -0.2) is 8.78 Å². The Morgan fingerprint density at radius 3 is 1.00 bits per heavy atom. The minimum atomic E-state index is -6.68. The SMILES string of the molecule is CCCCCC(CC(F)(C(F)(F)F)C(F)(F)F)CC(F)(C(F)(F)F)C(F)(F)F. The molecule has 0 aromatic rings. The van der Waals surface area contributed by atoms with Gasteiger partial charge in [-0.3, -0.25) is 0 Å². The standard InChI is InChI=1S/C14H16F14/c1-2-3-4-5-8(6-9(15,11(17,18)19)12(20,21)22)7-10(16,13(23,24)25)14(26,27)28/h8H,2-7H2,1H3.